The highest BCUT2D eigenvalue weighted by Crippen LogP contribution is 2.37. The molecule has 0 amide bonds. The van der Waals surface area contributed by atoms with Crippen molar-refractivity contribution in [3.63, 3.8) is 0 Å². The van der Waals surface area contributed by atoms with Gasteiger partial charge in [0.2, 0.25) is 0 Å². The van der Waals surface area contributed by atoms with Gasteiger partial charge in [0.25, 0.3) is 0 Å². The molecular weight excluding hydrogens is 365 g/mol. The fourth-order valence-electron chi connectivity index (χ4n) is 1.63. The number of hydrogen-bond donors (Lipinski definition) is 1. The number of ether oxygens (including phenoxy) is 2. The van der Waals surface area contributed by atoms with Gasteiger partial charge < -0.3 is 15.2 Å². The predicted octanol–water partition coefficient (Wildman–Crippen LogP) is 4.40. The fourth-order valence-corrected chi connectivity index (χ4v) is 2.35. The van der Waals surface area contributed by atoms with E-state index >= 15 is 0 Å². The van der Waals surface area contributed by atoms with Crippen LogP contribution >= 0.6 is 27.5 Å². The Hall–Kier alpha value is -1.79. The first-order valence-corrected chi connectivity index (χ1v) is 6.90. The van der Waals surface area contributed by atoms with E-state index in [1.54, 1.807) is 12.1 Å². The molecule has 110 valence electrons. The van der Waals surface area contributed by atoms with E-state index in [9.17, 15) is 9.18 Å². The van der Waals surface area contributed by atoms with Gasteiger partial charge in [-0.1, -0.05) is 17.7 Å². The highest BCUT2D eigenvalue weighted by molar-refractivity contribution is 9.10. The number of halogens is 3. The summed E-state index contributed by atoms with van der Waals surface area (Å²) in [6.07, 6.45) is 0. The number of rotatable bonds is 3. The minimum atomic E-state index is -0.649. The van der Waals surface area contributed by atoms with Gasteiger partial charge in [-0.3, -0.25) is 0 Å². The van der Waals surface area contributed by atoms with Crippen molar-refractivity contribution in [3.8, 4) is 11.5 Å². The van der Waals surface area contributed by atoms with Crippen molar-refractivity contribution in [3.05, 3.63) is 51.2 Å². The van der Waals surface area contributed by atoms with Crippen molar-refractivity contribution in [1.29, 1.82) is 0 Å². The van der Waals surface area contributed by atoms with Gasteiger partial charge in [0.05, 0.1) is 22.3 Å². The Morgan fingerprint density at radius 1 is 1.38 bits per heavy atom. The molecule has 0 fully saturated rings. The van der Waals surface area contributed by atoms with E-state index in [2.05, 4.69) is 20.7 Å². The maximum atomic E-state index is 13.5. The van der Waals surface area contributed by atoms with Gasteiger partial charge in [0, 0.05) is 6.07 Å². The highest BCUT2D eigenvalue weighted by atomic mass is 79.9. The number of methoxy groups -OCH3 is 1. The first kappa shape index (κ1) is 15.6. The lowest BCUT2D eigenvalue weighted by Gasteiger charge is -2.13. The van der Waals surface area contributed by atoms with Crippen LogP contribution in [0.15, 0.2) is 34.8 Å². The summed E-state index contributed by atoms with van der Waals surface area (Å²) in [6.45, 7) is 0. The van der Waals surface area contributed by atoms with Gasteiger partial charge in [-0.05, 0) is 34.1 Å². The summed E-state index contributed by atoms with van der Waals surface area (Å²) in [4.78, 5) is 11.7. The summed E-state index contributed by atoms with van der Waals surface area (Å²) in [6, 6.07) is 7.09. The summed E-state index contributed by atoms with van der Waals surface area (Å²) >= 11 is 8.87. The lowest BCUT2D eigenvalue weighted by atomic mass is 10.1. The molecule has 4 nitrogen and oxygen atoms in total. The predicted molar refractivity (Wildman–Crippen MR) is 81.4 cm³/mol. The zero-order valence-electron chi connectivity index (χ0n) is 10.8. The number of carbonyl (C=O) groups is 1. The van der Waals surface area contributed by atoms with Gasteiger partial charge in [-0.15, -0.1) is 0 Å². The molecule has 0 atom stereocenters. The van der Waals surface area contributed by atoms with Crippen LogP contribution in [0.5, 0.6) is 11.5 Å². The van der Waals surface area contributed by atoms with E-state index in [-0.39, 0.29) is 27.8 Å². The molecule has 0 spiro atoms. The largest absolute Gasteiger partial charge is 0.465 e. The summed E-state index contributed by atoms with van der Waals surface area (Å²) in [5, 5.41) is -0.0524. The van der Waals surface area contributed by atoms with Crippen LogP contribution in [0.25, 0.3) is 0 Å². The molecule has 0 saturated carbocycles. The van der Waals surface area contributed by atoms with Gasteiger partial charge in [-0.2, -0.15) is 0 Å². The minimum Gasteiger partial charge on any atom is -0.465 e. The monoisotopic (exact) mass is 373 g/mol. The number of benzene rings is 2. The van der Waals surface area contributed by atoms with Crippen LogP contribution < -0.4 is 10.5 Å². The van der Waals surface area contributed by atoms with E-state index < -0.39 is 11.8 Å². The Bertz CT molecular complexity index is 709. The number of nitrogens with two attached hydrogens (primary N) is 1. The number of nitrogen functional groups attached to an aromatic ring is 1. The molecule has 2 rings (SSSR count). The summed E-state index contributed by atoms with van der Waals surface area (Å²) in [5.74, 6) is -1.03. The quantitative estimate of drug-likeness (QED) is 0.491. The molecule has 0 unspecified atom stereocenters. The highest BCUT2D eigenvalue weighted by Gasteiger charge is 2.18. The normalized spacial score (nSPS) is 10.3. The van der Waals surface area contributed by atoms with E-state index in [0.29, 0.717) is 4.47 Å². The number of carbonyl (C=O) groups excluding carboxylic acids is 1. The smallest absolute Gasteiger partial charge is 0.341 e. The lowest BCUT2D eigenvalue weighted by molar-refractivity contribution is 0.0598. The summed E-state index contributed by atoms with van der Waals surface area (Å²) in [7, 11) is 1.24. The van der Waals surface area contributed by atoms with E-state index in [1.807, 2.05) is 0 Å². The van der Waals surface area contributed by atoms with E-state index in [4.69, 9.17) is 22.1 Å². The van der Waals surface area contributed by atoms with Crippen molar-refractivity contribution >= 4 is 39.2 Å². The molecule has 0 bridgehead atoms. The van der Waals surface area contributed by atoms with Crippen LogP contribution in [0.2, 0.25) is 5.02 Å². The first-order chi connectivity index (χ1) is 9.93. The zero-order valence-corrected chi connectivity index (χ0v) is 13.2. The molecule has 2 aromatic carbocycles. The van der Waals surface area contributed by atoms with Crippen molar-refractivity contribution in [2.24, 2.45) is 0 Å². The minimum absolute atomic E-state index is 0.0524. The molecule has 2 aromatic rings. The van der Waals surface area contributed by atoms with Gasteiger partial charge in [-0.25, -0.2) is 9.18 Å². The SMILES string of the molecule is COC(=O)c1cccc(N)c1Oc1cc(F)c(Cl)cc1Br. The summed E-state index contributed by atoms with van der Waals surface area (Å²) < 4.78 is 24.2. The molecule has 0 saturated heterocycles. The van der Waals surface area contributed by atoms with Gasteiger partial charge in [0.1, 0.15) is 17.1 Å². The number of anilines is 1. The zero-order chi connectivity index (χ0) is 15.6. The maximum absolute atomic E-state index is 13.5. The van der Waals surface area contributed by atoms with Crippen LogP contribution in [0.4, 0.5) is 10.1 Å². The second kappa shape index (κ2) is 6.32. The van der Waals surface area contributed by atoms with Crippen molar-refractivity contribution in [2.75, 3.05) is 12.8 Å². The third-order valence-electron chi connectivity index (χ3n) is 2.64. The molecule has 0 aliphatic carbocycles. The third-order valence-corrected chi connectivity index (χ3v) is 3.55. The second-order valence-corrected chi connectivity index (χ2v) is 5.28. The molecule has 7 heteroatoms. The van der Waals surface area contributed by atoms with Crippen LogP contribution in [-0.4, -0.2) is 13.1 Å². The Balaban J connectivity index is 2.49. The number of hydrogen-bond acceptors (Lipinski definition) is 4. The Labute approximate surface area is 133 Å². The Morgan fingerprint density at radius 2 is 2.10 bits per heavy atom. The fraction of sp³-hybridized carbons (Fsp3) is 0.0714. The van der Waals surface area contributed by atoms with Crippen LogP contribution in [0, 0.1) is 5.82 Å². The Kier molecular flexibility index (Phi) is 4.69. The number of para-hydroxylation sites is 1. The average molecular weight is 375 g/mol. The molecule has 0 aliphatic rings. The van der Waals surface area contributed by atoms with E-state index in [0.717, 1.165) is 6.07 Å². The molecule has 2 N–H and O–H groups in total. The van der Waals surface area contributed by atoms with Crippen LogP contribution in [-0.2, 0) is 4.74 Å². The first-order valence-electron chi connectivity index (χ1n) is 5.73. The van der Waals surface area contributed by atoms with E-state index in [1.165, 1.54) is 19.2 Å². The molecule has 0 heterocycles. The average Bonchev–Trinajstić information content (AvgIpc) is 2.45. The van der Waals surface area contributed by atoms with Gasteiger partial charge >= 0.3 is 5.97 Å². The molecule has 0 radical (unpaired) electrons. The molecular formula is C14H10BrClFNO3. The molecule has 21 heavy (non-hydrogen) atoms. The van der Waals surface area contributed by atoms with Crippen LogP contribution in [0.3, 0.4) is 0 Å². The topological polar surface area (TPSA) is 61.5 Å². The third kappa shape index (κ3) is 3.28. The summed E-state index contributed by atoms with van der Waals surface area (Å²) in [5.41, 5.74) is 6.17. The standard InChI is InChI=1S/C14H10BrClFNO3/c1-20-14(19)7-3-2-4-11(18)13(7)21-12-6-10(17)9(16)5-8(12)15/h2-6H,18H2,1H3. The lowest BCUT2D eigenvalue weighted by Crippen LogP contribution is -2.06. The molecule has 0 aliphatic heterocycles. The number of esters is 1. The van der Waals surface area contributed by atoms with Crippen molar-refractivity contribution in [1.82, 2.24) is 0 Å². The van der Waals surface area contributed by atoms with Crippen molar-refractivity contribution < 1.29 is 18.7 Å². The van der Waals surface area contributed by atoms with Crippen LogP contribution in [0.1, 0.15) is 10.4 Å². The molecule has 0 aromatic heterocycles. The Morgan fingerprint density at radius 3 is 2.76 bits per heavy atom. The maximum Gasteiger partial charge on any atom is 0.341 e. The van der Waals surface area contributed by atoms with Crippen molar-refractivity contribution in [2.45, 2.75) is 0 Å². The second-order valence-electron chi connectivity index (χ2n) is 4.01. The van der Waals surface area contributed by atoms with Gasteiger partial charge in [0.15, 0.2) is 5.75 Å².